The lowest BCUT2D eigenvalue weighted by atomic mass is 10.2. The Morgan fingerprint density at radius 3 is 2.88 bits per heavy atom. The second-order valence-corrected chi connectivity index (χ2v) is 5.05. The molecule has 0 aromatic heterocycles. The van der Waals surface area contributed by atoms with Crippen LogP contribution in [-0.2, 0) is 0 Å². The molecule has 1 unspecified atom stereocenters. The van der Waals surface area contributed by atoms with Crippen LogP contribution in [0.1, 0.15) is 23.7 Å². The third kappa shape index (κ3) is 3.76. The van der Waals surface area contributed by atoms with E-state index in [1.54, 1.807) is 0 Å². The van der Waals surface area contributed by atoms with Crippen LogP contribution in [0.2, 0.25) is 5.02 Å². The van der Waals surface area contributed by atoms with Crippen molar-refractivity contribution in [3.63, 3.8) is 0 Å². The third-order valence-electron chi connectivity index (χ3n) is 2.11. The van der Waals surface area contributed by atoms with E-state index in [1.807, 2.05) is 6.92 Å². The first-order valence-electron chi connectivity index (χ1n) is 4.92. The minimum atomic E-state index is -0.523. The van der Waals surface area contributed by atoms with Gasteiger partial charge < -0.3 is 5.32 Å². The number of halogens is 3. The highest BCUT2D eigenvalue weighted by atomic mass is 79.9. The van der Waals surface area contributed by atoms with Gasteiger partial charge in [0.2, 0.25) is 0 Å². The van der Waals surface area contributed by atoms with E-state index in [0.29, 0.717) is 12.1 Å². The van der Waals surface area contributed by atoms with Crippen LogP contribution in [0.15, 0.2) is 18.2 Å². The second-order valence-electron chi connectivity index (χ2n) is 3.34. The standard InChI is InChI=1S/C11H12BrClFNO/c1-2-8(12)6-15-11(16)7-3-4-10(14)9(13)5-7/h3-5,8H,2,6H2,1H3,(H,15,16). The molecule has 2 nitrogen and oxygen atoms in total. The molecule has 0 bridgehead atoms. The maximum Gasteiger partial charge on any atom is 0.251 e. The Labute approximate surface area is 107 Å². The number of carbonyl (C=O) groups is 1. The Morgan fingerprint density at radius 2 is 2.31 bits per heavy atom. The SMILES string of the molecule is CCC(Br)CNC(=O)c1ccc(F)c(Cl)c1. The van der Waals surface area contributed by atoms with Gasteiger partial charge in [0.15, 0.2) is 0 Å². The van der Waals surface area contributed by atoms with Crippen LogP contribution < -0.4 is 5.32 Å². The predicted octanol–water partition coefficient (Wildman–Crippen LogP) is 3.38. The van der Waals surface area contributed by atoms with Crippen molar-refractivity contribution in [2.45, 2.75) is 18.2 Å². The summed E-state index contributed by atoms with van der Waals surface area (Å²) in [6, 6.07) is 3.91. The molecular weight excluding hydrogens is 296 g/mol. The fourth-order valence-corrected chi connectivity index (χ4v) is 1.43. The van der Waals surface area contributed by atoms with Crippen LogP contribution in [0, 0.1) is 5.82 Å². The first-order chi connectivity index (χ1) is 7.54. The summed E-state index contributed by atoms with van der Waals surface area (Å²) >= 11 is 8.99. The van der Waals surface area contributed by atoms with E-state index in [0.717, 1.165) is 6.42 Å². The van der Waals surface area contributed by atoms with Gasteiger partial charge in [-0.15, -0.1) is 0 Å². The molecule has 5 heteroatoms. The summed E-state index contributed by atoms with van der Waals surface area (Å²) in [6.07, 6.45) is 0.921. The monoisotopic (exact) mass is 307 g/mol. The molecule has 0 fully saturated rings. The lowest BCUT2D eigenvalue weighted by molar-refractivity contribution is 0.0954. The van der Waals surface area contributed by atoms with Crippen molar-refractivity contribution in [1.29, 1.82) is 0 Å². The molecule has 1 aromatic carbocycles. The summed E-state index contributed by atoms with van der Waals surface area (Å²) in [6.45, 7) is 2.55. The zero-order valence-electron chi connectivity index (χ0n) is 8.77. The number of nitrogens with one attached hydrogen (secondary N) is 1. The zero-order chi connectivity index (χ0) is 12.1. The molecule has 0 spiro atoms. The average Bonchev–Trinajstić information content (AvgIpc) is 2.29. The third-order valence-corrected chi connectivity index (χ3v) is 3.37. The molecule has 0 aliphatic carbocycles. The molecule has 0 radical (unpaired) electrons. The zero-order valence-corrected chi connectivity index (χ0v) is 11.1. The van der Waals surface area contributed by atoms with E-state index >= 15 is 0 Å². The van der Waals surface area contributed by atoms with Crippen molar-refractivity contribution >= 4 is 33.4 Å². The number of hydrogen-bond acceptors (Lipinski definition) is 1. The number of benzene rings is 1. The van der Waals surface area contributed by atoms with Crippen LogP contribution in [-0.4, -0.2) is 17.3 Å². The van der Waals surface area contributed by atoms with E-state index in [9.17, 15) is 9.18 Å². The Hall–Kier alpha value is -0.610. The van der Waals surface area contributed by atoms with Gasteiger partial charge in [0.25, 0.3) is 5.91 Å². The van der Waals surface area contributed by atoms with Crippen molar-refractivity contribution in [3.8, 4) is 0 Å². The van der Waals surface area contributed by atoms with Crippen LogP contribution in [0.3, 0.4) is 0 Å². The molecule has 1 aromatic rings. The molecule has 1 amide bonds. The summed E-state index contributed by atoms with van der Waals surface area (Å²) in [7, 11) is 0. The number of hydrogen-bond donors (Lipinski definition) is 1. The lowest BCUT2D eigenvalue weighted by Gasteiger charge is -2.09. The molecule has 0 aliphatic heterocycles. The second kappa shape index (κ2) is 6.21. The van der Waals surface area contributed by atoms with E-state index < -0.39 is 5.82 Å². The normalized spacial score (nSPS) is 12.2. The molecule has 1 rings (SSSR count). The highest BCUT2D eigenvalue weighted by Crippen LogP contribution is 2.16. The number of rotatable bonds is 4. The van der Waals surface area contributed by atoms with Gasteiger partial charge in [-0.2, -0.15) is 0 Å². The Balaban J connectivity index is 2.63. The topological polar surface area (TPSA) is 29.1 Å². The van der Waals surface area contributed by atoms with Crippen molar-refractivity contribution in [1.82, 2.24) is 5.32 Å². The molecule has 0 aliphatic rings. The maximum atomic E-state index is 12.9. The summed E-state index contributed by atoms with van der Waals surface area (Å²) in [5.74, 6) is -0.773. The fraction of sp³-hybridized carbons (Fsp3) is 0.364. The first kappa shape index (κ1) is 13.5. The van der Waals surface area contributed by atoms with Gasteiger partial charge in [0, 0.05) is 16.9 Å². The quantitative estimate of drug-likeness (QED) is 0.849. The van der Waals surface area contributed by atoms with Crippen molar-refractivity contribution in [2.24, 2.45) is 0 Å². The fourth-order valence-electron chi connectivity index (χ4n) is 1.09. The van der Waals surface area contributed by atoms with Crippen molar-refractivity contribution < 1.29 is 9.18 Å². The average molecular weight is 309 g/mol. The van der Waals surface area contributed by atoms with Crippen molar-refractivity contribution in [3.05, 3.63) is 34.6 Å². The number of alkyl halides is 1. The van der Waals surface area contributed by atoms with E-state index in [1.165, 1.54) is 18.2 Å². The molecular formula is C11H12BrClFNO. The summed E-state index contributed by atoms with van der Waals surface area (Å²) in [5.41, 5.74) is 0.363. The smallest absolute Gasteiger partial charge is 0.251 e. The lowest BCUT2D eigenvalue weighted by Crippen LogP contribution is -2.29. The first-order valence-corrected chi connectivity index (χ1v) is 6.21. The Bertz CT molecular complexity index is 386. The minimum Gasteiger partial charge on any atom is -0.351 e. The number of amides is 1. The highest BCUT2D eigenvalue weighted by molar-refractivity contribution is 9.09. The summed E-state index contributed by atoms with van der Waals surface area (Å²) in [5, 5.41) is 2.69. The van der Waals surface area contributed by atoms with Crippen LogP contribution in [0.4, 0.5) is 4.39 Å². The van der Waals surface area contributed by atoms with Gasteiger partial charge in [0.05, 0.1) is 5.02 Å². The van der Waals surface area contributed by atoms with Gasteiger partial charge in [-0.1, -0.05) is 34.5 Å². The molecule has 0 saturated heterocycles. The molecule has 88 valence electrons. The van der Waals surface area contributed by atoms with Crippen molar-refractivity contribution in [2.75, 3.05) is 6.54 Å². The van der Waals surface area contributed by atoms with Crippen LogP contribution in [0.25, 0.3) is 0 Å². The van der Waals surface area contributed by atoms with Crippen LogP contribution >= 0.6 is 27.5 Å². The van der Waals surface area contributed by atoms with Gasteiger partial charge >= 0.3 is 0 Å². The highest BCUT2D eigenvalue weighted by Gasteiger charge is 2.09. The summed E-state index contributed by atoms with van der Waals surface area (Å²) < 4.78 is 12.9. The van der Waals surface area contributed by atoms with Gasteiger partial charge in [-0.05, 0) is 24.6 Å². The Morgan fingerprint density at radius 1 is 1.62 bits per heavy atom. The predicted molar refractivity (Wildman–Crippen MR) is 66.7 cm³/mol. The van der Waals surface area contributed by atoms with Crippen LogP contribution in [0.5, 0.6) is 0 Å². The van der Waals surface area contributed by atoms with E-state index in [2.05, 4.69) is 21.2 Å². The minimum absolute atomic E-state index is 0.0430. The number of carbonyl (C=O) groups excluding carboxylic acids is 1. The molecule has 1 N–H and O–H groups in total. The molecule has 16 heavy (non-hydrogen) atoms. The van der Waals surface area contributed by atoms with Gasteiger partial charge in [0.1, 0.15) is 5.82 Å². The largest absolute Gasteiger partial charge is 0.351 e. The molecule has 1 atom stereocenters. The van der Waals surface area contributed by atoms with Gasteiger partial charge in [-0.25, -0.2) is 4.39 Å². The molecule has 0 heterocycles. The van der Waals surface area contributed by atoms with Gasteiger partial charge in [-0.3, -0.25) is 4.79 Å². The molecule has 0 saturated carbocycles. The maximum absolute atomic E-state index is 12.9. The van der Waals surface area contributed by atoms with E-state index in [4.69, 9.17) is 11.6 Å². The Kier molecular flexibility index (Phi) is 5.22. The summed E-state index contributed by atoms with van der Waals surface area (Å²) in [4.78, 5) is 11.9. The van der Waals surface area contributed by atoms with E-state index in [-0.39, 0.29) is 15.8 Å².